The van der Waals surface area contributed by atoms with Gasteiger partial charge in [0, 0.05) is 24.0 Å². The highest BCUT2D eigenvalue weighted by Gasteiger charge is 2.29. The van der Waals surface area contributed by atoms with Gasteiger partial charge in [0.15, 0.2) is 5.16 Å². The van der Waals surface area contributed by atoms with Gasteiger partial charge in [0.2, 0.25) is 5.91 Å². The molecule has 0 N–H and O–H groups in total. The molecule has 0 spiro atoms. The van der Waals surface area contributed by atoms with Crippen LogP contribution in [0.4, 0.5) is 0 Å². The summed E-state index contributed by atoms with van der Waals surface area (Å²) in [5.74, 6) is 1.67. The average molecular weight is 460 g/mol. The monoisotopic (exact) mass is 459 g/mol. The predicted molar refractivity (Wildman–Crippen MR) is 128 cm³/mol. The number of hydrogen-bond donors (Lipinski definition) is 0. The Bertz CT molecular complexity index is 1030. The van der Waals surface area contributed by atoms with Gasteiger partial charge in [0.25, 0.3) is 5.56 Å². The summed E-state index contributed by atoms with van der Waals surface area (Å²) < 4.78 is 1.97. The van der Waals surface area contributed by atoms with Gasteiger partial charge in [-0.1, -0.05) is 38.5 Å². The molecule has 2 unspecified atom stereocenters. The molecule has 5 nitrogen and oxygen atoms in total. The van der Waals surface area contributed by atoms with Crippen LogP contribution in [-0.4, -0.2) is 39.2 Å². The fourth-order valence-corrected chi connectivity index (χ4v) is 8.14. The molecule has 3 aliphatic rings. The van der Waals surface area contributed by atoms with Crippen LogP contribution < -0.4 is 5.56 Å². The molecule has 7 heteroatoms. The maximum absolute atomic E-state index is 13.7. The van der Waals surface area contributed by atoms with Crippen molar-refractivity contribution in [2.24, 2.45) is 11.8 Å². The van der Waals surface area contributed by atoms with Crippen LogP contribution in [0, 0.1) is 11.8 Å². The number of aryl methyl sites for hydroxylation is 2. The Balaban J connectivity index is 1.46. The predicted octanol–water partition coefficient (Wildman–Crippen LogP) is 5.05. The zero-order valence-corrected chi connectivity index (χ0v) is 20.3. The third-order valence-corrected chi connectivity index (χ3v) is 9.35. The Morgan fingerprint density at radius 1 is 1.10 bits per heavy atom. The standard InChI is InChI=1S/C24H33N3O2S2/c1-15-11-16(2)13-26(12-15)20(28)14-30-24-25-22-21(18-9-5-6-10-19(18)31-22)23(29)27(24)17-7-3-4-8-17/h15-17H,3-14H2,1-2H3. The van der Waals surface area contributed by atoms with Crippen LogP contribution in [0.2, 0.25) is 0 Å². The van der Waals surface area contributed by atoms with Crippen LogP contribution in [0.3, 0.4) is 0 Å². The minimum Gasteiger partial charge on any atom is -0.341 e. The molecule has 5 rings (SSSR count). The molecule has 3 heterocycles. The number of nitrogens with zero attached hydrogens (tertiary/aromatic N) is 3. The Labute approximate surface area is 192 Å². The van der Waals surface area contributed by atoms with Crippen molar-refractivity contribution >= 4 is 39.2 Å². The van der Waals surface area contributed by atoms with Gasteiger partial charge in [-0.3, -0.25) is 14.2 Å². The van der Waals surface area contributed by atoms with Crippen LogP contribution >= 0.6 is 23.1 Å². The molecule has 0 bridgehead atoms. The van der Waals surface area contributed by atoms with Gasteiger partial charge in [0.05, 0.1) is 11.1 Å². The van der Waals surface area contributed by atoms with E-state index < -0.39 is 0 Å². The van der Waals surface area contributed by atoms with Crippen molar-refractivity contribution in [3.05, 3.63) is 20.8 Å². The van der Waals surface area contributed by atoms with E-state index in [0.29, 0.717) is 17.6 Å². The van der Waals surface area contributed by atoms with E-state index >= 15 is 0 Å². The lowest BCUT2D eigenvalue weighted by atomic mass is 9.92. The van der Waals surface area contributed by atoms with Gasteiger partial charge in [-0.25, -0.2) is 4.98 Å². The number of amides is 1. The molecular formula is C24H33N3O2S2. The number of fused-ring (bicyclic) bond motifs is 3. The first-order chi connectivity index (χ1) is 15.0. The summed E-state index contributed by atoms with van der Waals surface area (Å²) in [4.78, 5) is 36.0. The third-order valence-electron chi connectivity index (χ3n) is 7.22. The Kier molecular flexibility index (Phi) is 6.17. The zero-order chi connectivity index (χ0) is 21.5. The number of carbonyl (C=O) groups is 1. The minimum absolute atomic E-state index is 0.145. The summed E-state index contributed by atoms with van der Waals surface area (Å²) in [5, 5.41) is 1.63. The molecule has 2 aliphatic carbocycles. The molecule has 0 radical (unpaired) electrons. The Hall–Kier alpha value is -1.34. The Morgan fingerprint density at radius 3 is 2.55 bits per heavy atom. The van der Waals surface area contributed by atoms with Crippen LogP contribution in [0.15, 0.2) is 9.95 Å². The number of aromatic nitrogens is 2. The second-order valence-electron chi connectivity index (χ2n) is 9.93. The summed E-state index contributed by atoms with van der Waals surface area (Å²) in [6, 6.07) is 0.233. The van der Waals surface area contributed by atoms with Crippen molar-refractivity contribution in [1.29, 1.82) is 0 Å². The summed E-state index contributed by atoms with van der Waals surface area (Å²) in [6.07, 6.45) is 10.1. The van der Waals surface area contributed by atoms with E-state index in [2.05, 4.69) is 13.8 Å². The molecule has 1 aliphatic heterocycles. The number of thiophene rings is 1. The van der Waals surface area contributed by atoms with E-state index in [1.807, 2.05) is 9.47 Å². The first-order valence-corrected chi connectivity index (χ1v) is 13.8. The lowest BCUT2D eigenvalue weighted by Crippen LogP contribution is -2.43. The molecular weight excluding hydrogens is 426 g/mol. The molecule has 31 heavy (non-hydrogen) atoms. The topological polar surface area (TPSA) is 55.2 Å². The number of piperidine rings is 1. The highest BCUT2D eigenvalue weighted by atomic mass is 32.2. The van der Waals surface area contributed by atoms with E-state index in [0.717, 1.165) is 54.1 Å². The lowest BCUT2D eigenvalue weighted by Gasteiger charge is -2.35. The maximum Gasteiger partial charge on any atom is 0.263 e. The van der Waals surface area contributed by atoms with Gasteiger partial charge in [-0.2, -0.15) is 0 Å². The number of rotatable bonds is 4. The molecule has 0 aromatic carbocycles. The van der Waals surface area contributed by atoms with Gasteiger partial charge >= 0.3 is 0 Å². The number of hydrogen-bond acceptors (Lipinski definition) is 5. The molecule has 2 fully saturated rings. The number of likely N-dealkylation sites (tertiary alicyclic amines) is 1. The molecule has 2 aromatic heterocycles. The van der Waals surface area contributed by atoms with Crippen molar-refractivity contribution < 1.29 is 4.79 Å². The van der Waals surface area contributed by atoms with E-state index in [1.54, 1.807) is 11.3 Å². The average Bonchev–Trinajstić information content (AvgIpc) is 3.38. The minimum atomic E-state index is 0.145. The molecule has 2 aromatic rings. The maximum atomic E-state index is 13.7. The van der Waals surface area contributed by atoms with Crippen molar-refractivity contribution in [3.8, 4) is 0 Å². The molecule has 1 amide bonds. The first-order valence-electron chi connectivity index (χ1n) is 12.0. The second-order valence-corrected chi connectivity index (χ2v) is 12.0. The van der Waals surface area contributed by atoms with Gasteiger partial charge in [0.1, 0.15) is 4.83 Å². The van der Waals surface area contributed by atoms with Crippen LogP contribution in [-0.2, 0) is 17.6 Å². The summed E-state index contributed by atoms with van der Waals surface area (Å²) >= 11 is 3.19. The molecule has 2 atom stereocenters. The summed E-state index contributed by atoms with van der Waals surface area (Å²) in [5.41, 5.74) is 1.41. The zero-order valence-electron chi connectivity index (χ0n) is 18.7. The number of carbonyl (C=O) groups excluding carboxylic acids is 1. The highest BCUT2D eigenvalue weighted by Crippen LogP contribution is 2.37. The van der Waals surface area contributed by atoms with Crippen LogP contribution in [0.1, 0.15) is 75.3 Å². The van der Waals surface area contributed by atoms with Crippen LogP contribution in [0.25, 0.3) is 10.2 Å². The van der Waals surface area contributed by atoms with Gasteiger partial charge in [-0.05, 0) is 62.3 Å². The van der Waals surface area contributed by atoms with Crippen LogP contribution in [0.5, 0.6) is 0 Å². The fraction of sp³-hybridized carbons (Fsp3) is 0.708. The van der Waals surface area contributed by atoms with Gasteiger partial charge in [-0.15, -0.1) is 11.3 Å². The summed E-state index contributed by atoms with van der Waals surface area (Å²) in [7, 11) is 0. The van der Waals surface area contributed by atoms with Crippen molar-refractivity contribution in [3.63, 3.8) is 0 Å². The lowest BCUT2D eigenvalue weighted by molar-refractivity contribution is -0.130. The highest BCUT2D eigenvalue weighted by molar-refractivity contribution is 7.99. The first kappa shape index (κ1) is 21.5. The quantitative estimate of drug-likeness (QED) is 0.474. The molecule has 1 saturated carbocycles. The second kappa shape index (κ2) is 8.89. The number of thioether (sulfide) groups is 1. The van der Waals surface area contributed by atoms with E-state index in [1.165, 1.54) is 54.3 Å². The fourth-order valence-electron chi connectivity index (χ4n) is 5.87. The van der Waals surface area contributed by atoms with Crippen molar-refractivity contribution in [1.82, 2.24) is 14.5 Å². The Morgan fingerprint density at radius 2 is 1.81 bits per heavy atom. The normalized spacial score (nSPS) is 24.6. The van der Waals surface area contributed by atoms with Crippen molar-refractivity contribution in [2.75, 3.05) is 18.8 Å². The third kappa shape index (κ3) is 4.20. The summed E-state index contributed by atoms with van der Waals surface area (Å²) in [6.45, 7) is 6.16. The molecule has 1 saturated heterocycles. The largest absolute Gasteiger partial charge is 0.341 e. The SMILES string of the molecule is CC1CC(C)CN(C(=O)CSc2nc3sc4c(c3c(=O)n2C2CCCC2)CCCC4)C1. The smallest absolute Gasteiger partial charge is 0.263 e. The van der Waals surface area contributed by atoms with Gasteiger partial charge < -0.3 is 4.90 Å². The molecule has 168 valence electrons. The van der Waals surface area contributed by atoms with E-state index in [-0.39, 0.29) is 17.5 Å². The van der Waals surface area contributed by atoms with Crippen molar-refractivity contribution in [2.45, 2.75) is 82.8 Å². The van der Waals surface area contributed by atoms with E-state index in [4.69, 9.17) is 4.98 Å². The van der Waals surface area contributed by atoms with E-state index in [9.17, 15) is 9.59 Å².